The van der Waals surface area contributed by atoms with E-state index in [1.807, 2.05) is 0 Å². The molecular formula is C15H12ClFO4. The minimum Gasteiger partial charge on any atom is -0.493 e. The minimum absolute atomic E-state index is 0.0480. The molecule has 0 atom stereocenters. The molecule has 1 N–H and O–H groups in total. The number of hydrogen-bond donors (Lipinski definition) is 1. The average molecular weight is 311 g/mol. The van der Waals surface area contributed by atoms with E-state index in [0.717, 1.165) is 0 Å². The van der Waals surface area contributed by atoms with Gasteiger partial charge in [0.2, 0.25) is 0 Å². The largest absolute Gasteiger partial charge is 0.493 e. The van der Waals surface area contributed by atoms with E-state index >= 15 is 0 Å². The molecule has 110 valence electrons. The molecule has 0 aliphatic heterocycles. The molecule has 21 heavy (non-hydrogen) atoms. The number of halogens is 2. The Morgan fingerprint density at radius 3 is 2.76 bits per heavy atom. The third-order valence-electron chi connectivity index (χ3n) is 2.81. The monoisotopic (exact) mass is 310 g/mol. The summed E-state index contributed by atoms with van der Waals surface area (Å²) in [6.07, 6.45) is 0. The molecule has 0 bridgehead atoms. The van der Waals surface area contributed by atoms with Gasteiger partial charge in [0.1, 0.15) is 18.0 Å². The van der Waals surface area contributed by atoms with E-state index in [1.165, 1.54) is 37.4 Å². The Morgan fingerprint density at radius 2 is 2.10 bits per heavy atom. The Balaban J connectivity index is 2.31. The third kappa shape index (κ3) is 3.44. The zero-order valence-electron chi connectivity index (χ0n) is 11.1. The Bertz CT molecular complexity index is 673. The number of para-hydroxylation sites is 1. The highest BCUT2D eigenvalue weighted by molar-refractivity contribution is 6.30. The SMILES string of the molecule is COc1cccc(C(=O)O)c1OCc1cc(Cl)ccc1F. The first kappa shape index (κ1) is 15.1. The summed E-state index contributed by atoms with van der Waals surface area (Å²) in [6.45, 7) is -0.160. The van der Waals surface area contributed by atoms with Gasteiger partial charge in [0.05, 0.1) is 7.11 Å². The van der Waals surface area contributed by atoms with Gasteiger partial charge in [-0.15, -0.1) is 0 Å². The van der Waals surface area contributed by atoms with E-state index < -0.39 is 11.8 Å². The highest BCUT2D eigenvalue weighted by Gasteiger charge is 2.17. The summed E-state index contributed by atoms with van der Waals surface area (Å²) in [5, 5.41) is 9.52. The molecule has 2 aromatic rings. The van der Waals surface area contributed by atoms with Crippen LogP contribution in [0.2, 0.25) is 5.02 Å². The van der Waals surface area contributed by atoms with Crippen LogP contribution in [0, 0.1) is 5.82 Å². The summed E-state index contributed by atoms with van der Waals surface area (Å²) in [6, 6.07) is 8.56. The van der Waals surface area contributed by atoms with Crippen molar-refractivity contribution in [1.29, 1.82) is 0 Å². The summed E-state index contributed by atoms with van der Waals surface area (Å²) in [5.41, 5.74) is 0.168. The highest BCUT2D eigenvalue weighted by Crippen LogP contribution is 2.32. The van der Waals surface area contributed by atoms with Crippen LogP contribution in [-0.2, 0) is 6.61 Å². The van der Waals surface area contributed by atoms with Gasteiger partial charge < -0.3 is 14.6 Å². The average Bonchev–Trinajstić information content (AvgIpc) is 2.47. The number of carboxylic acid groups (broad SMARTS) is 1. The molecule has 0 heterocycles. The van der Waals surface area contributed by atoms with Crippen LogP contribution in [0.15, 0.2) is 36.4 Å². The second kappa shape index (κ2) is 6.45. The van der Waals surface area contributed by atoms with Crippen molar-refractivity contribution in [2.45, 2.75) is 6.61 Å². The molecular weight excluding hydrogens is 299 g/mol. The molecule has 4 nitrogen and oxygen atoms in total. The molecule has 6 heteroatoms. The van der Waals surface area contributed by atoms with Crippen LogP contribution >= 0.6 is 11.6 Å². The van der Waals surface area contributed by atoms with E-state index in [2.05, 4.69) is 0 Å². The molecule has 0 aliphatic rings. The van der Waals surface area contributed by atoms with Gasteiger partial charge in [-0.05, 0) is 30.3 Å². The molecule has 0 amide bonds. The maximum absolute atomic E-state index is 13.6. The zero-order chi connectivity index (χ0) is 15.4. The Hall–Kier alpha value is -2.27. The van der Waals surface area contributed by atoms with Crippen LogP contribution in [0.3, 0.4) is 0 Å². The first-order chi connectivity index (χ1) is 10.0. The lowest BCUT2D eigenvalue weighted by atomic mass is 10.2. The predicted molar refractivity (Wildman–Crippen MR) is 75.7 cm³/mol. The van der Waals surface area contributed by atoms with E-state index in [4.69, 9.17) is 26.2 Å². The van der Waals surface area contributed by atoms with Crippen LogP contribution in [0.1, 0.15) is 15.9 Å². The predicted octanol–water partition coefficient (Wildman–Crippen LogP) is 3.76. The van der Waals surface area contributed by atoms with E-state index in [-0.39, 0.29) is 29.2 Å². The van der Waals surface area contributed by atoms with Crippen LogP contribution in [0.5, 0.6) is 11.5 Å². The Labute approximate surface area is 125 Å². The van der Waals surface area contributed by atoms with Gasteiger partial charge in [-0.2, -0.15) is 0 Å². The van der Waals surface area contributed by atoms with Gasteiger partial charge in [0, 0.05) is 10.6 Å². The molecule has 0 aromatic heterocycles. The maximum Gasteiger partial charge on any atom is 0.339 e. The summed E-state index contributed by atoms with van der Waals surface area (Å²) in [4.78, 5) is 11.2. The van der Waals surface area contributed by atoms with Crippen molar-refractivity contribution in [3.63, 3.8) is 0 Å². The topological polar surface area (TPSA) is 55.8 Å². The van der Waals surface area contributed by atoms with Gasteiger partial charge >= 0.3 is 5.97 Å². The van der Waals surface area contributed by atoms with Crippen molar-refractivity contribution >= 4 is 17.6 Å². The van der Waals surface area contributed by atoms with Crippen molar-refractivity contribution in [2.75, 3.05) is 7.11 Å². The summed E-state index contributed by atoms with van der Waals surface area (Å²) in [5.74, 6) is -1.33. The summed E-state index contributed by atoms with van der Waals surface area (Å²) in [7, 11) is 1.40. The first-order valence-corrected chi connectivity index (χ1v) is 6.37. The normalized spacial score (nSPS) is 10.2. The van der Waals surface area contributed by atoms with Gasteiger partial charge in [0.15, 0.2) is 11.5 Å². The minimum atomic E-state index is -1.16. The number of methoxy groups -OCH3 is 1. The highest BCUT2D eigenvalue weighted by atomic mass is 35.5. The zero-order valence-corrected chi connectivity index (χ0v) is 11.9. The van der Waals surface area contributed by atoms with E-state index in [1.54, 1.807) is 6.07 Å². The quantitative estimate of drug-likeness (QED) is 0.913. The fraction of sp³-hybridized carbons (Fsp3) is 0.133. The van der Waals surface area contributed by atoms with Gasteiger partial charge in [-0.25, -0.2) is 9.18 Å². The van der Waals surface area contributed by atoms with Gasteiger partial charge in [-0.3, -0.25) is 0 Å². The maximum atomic E-state index is 13.6. The number of aromatic carboxylic acids is 1. The fourth-order valence-corrected chi connectivity index (χ4v) is 1.99. The molecule has 2 aromatic carbocycles. The lowest BCUT2D eigenvalue weighted by molar-refractivity contribution is 0.0691. The number of carbonyl (C=O) groups is 1. The van der Waals surface area contributed by atoms with Crippen molar-refractivity contribution in [2.24, 2.45) is 0 Å². The second-order valence-electron chi connectivity index (χ2n) is 4.17. The third-order valence-corrected chi connectivity index (χ3v) is 3.04. The Kier molecular flexibility index (Phi) is 4.65. The molecule has 0 unspecified atom stereocenters. The fourth-order valence-electron chi connectivity index (χ4n) is 1.80. The van der Waals surface area contributed by atoms with E-state index in [9.17, 15) is 9.18 Å². The number of rotatable bonds is 5. The van der Waals surface area contributed by atoms with Crippen molar-refractivity contribution < 1.29 is 23.8 Å². The number of benzene rings is 2. The Morgan fingerprint density at radius 1 is 1.33 bits per heavy atom. The number of carboxylic acids is 1. The van der Waals surface area contributed by atoms with Crippen molar-refractivity contribution in [3.8, 4) is 11.5 Å². The second-order valence-corrected chi connectivity index (χ2v) is 4.60. The van der Waals surface area contributed by atoms with E-state index in [0.29, 0.717) is 5.02 Å². The number of hydrogen-bond acceptors (Lipinski definition) is 3. The van der Waals surface area contributed by atoms with Crippen LogP contribution in [0.4, 0.5) is 4.39 Å². The van der Waals surface area contributed by atoms with Crippen molar-refractivity contribution in [1.82, 2.24) is 0 Å². The summed E-state index contributed by atoms with van der Waals surface area (Å²) >= 11 is 5.80. The smallest absolute Gasteiger partial charge is 0.339 e. The standard InChI is InChI=1S/C15H12ClFO4/c1-20-13-4-2-3-11(15(18)19)14(13)21-8-9-7-10(16)5-6-12(9)17/h2-7H,8H2,1H3,(H,18,19). The molecule has 2 rings (SSSR count). The lowest BCUT2D eigenvalue weighted by Gasteiger charge is -2.13. The molecule has 0 saturated heterocycles. The molecule has 0 aliphatic carbocycles. The van der Waals surface area contributed by atoms with Crippen molar-refractivity contribution in [3.05, 3.63) is 58.4 Å². The lowest BCUT2D eigenvalue weighted by Crippen LogP contribution is -2.06. The van der Waals surface area contributed by atoms with Gasteiger partial charge in [-0.1, -0.05) is 17.7 Å². The van der Waals surface area contributed by atoms with Crippen LogP contribution < -0.4 is 9.47 Å². The molecule has 0 fully saturated rings. The van der Waals surface area contributed by atoms with Crippen LogP contribution in [0.25, 0.3) is 0 Å². The van der Waals surface area contributed by atoms with Crippen LogP contribution in [-0.4, -0.2) is 18.2 Å². The first-order valence-electron chi connectivity index (χ1n) is 6.00. The molecule has 0 saturated carbocycles. The van der Waals surface area contributed by atoms with Gasteiger partial charge in [0.25, 0.3) is 0 Å². The molecule has 0 spiro atoms. The summed E-state index contributed by atoms with van der Waals surface area (Å²) < 4.78 is 24.1. The number of ether oxygens (including phenoxy) is 2. The molecule has 0 radical (unpaired) electrons.